The summed E-state index contributed by atoms with van der Waals surface area (Å²) in [5.41, 5.74) is 0.955. The van der Waals surface area contributed by atoms with Crippen molar-refractivity contribution in [3.63, 3.8) is 0 Å². The van der Waals surface area contributed by atoms with Gasteiger partial charge < -0.3 is 19.5 Å². The van der Waals surface area contributed by atoms with Gasteiger partial charge in [-0.25, -0.2) is 4.39 Å². The maximum Gasteiger partial charge on any atom is 0.187 e. The third kappa shape index (κ3) is 4.04. The molecule has 0 spiro atoms. The lowest BCUT2D eigenvalue weighted by atomic mass is 10.1. The molecule has 0 atom stereocenters. The molecule has 0 heterocycles. The molecular formula is C18H18FNO4. The maximum absolute atomic E-state index is 13.6. The summed E-state index contributed by atoms with van der Waals surface area (Å²) >= 11 is 0. The molecule has 0 saturated carbocycles. The first-order valence-electron chi connectivity index (χ1n) is 7.12. The Morgan fingerprint density at radius 1 is 0.958 bits per heavy atom. The molecule has 5 nitrogen and oxygen atoms in total. The van der Waals surface area contributed by atoms with Crippen molar-refractivity contribution in [1.29, 1.82) is 0 Å². The highest BCUT2D eigenvalue weighted by Crippen LogP contribution is 2.27. The molecule has 2 aromatic carbocycles. The molecule has 6 heteroatoms. The van der Waals surface area contributed by atoms with Crippen LogP contribution in [0.5, 0.6) is 17.2 Å². The van der Waals surface area contributed by atoms with Gasteiger partial charge >= 0.3 is 0 Å². The van der Waals surface area contributed by atoms with E-state index in [1.807, 2.05) is 0 Å². The number of carbonyl (C=O) groups is 1. The number of ketones is 1. The van der Waals surface area contributed by atoms with Crippen molar-refractivity contribution in [2.45, 2.75) is 0 Å². The quantitative estimate of drug-likeness (QED) is 0.620. The maximum atomic E-state index is 13.6. The van der Waals surface area contributed by atoms with Crippen molar-refractivity contribution in [3.05, 3.63) is 60.1 Å². The predicted molar refractivity (Wildman–Crippen MR) is 89.6 cm³/mol. The Kier molecular flexibility index (Phi) is 5.78. The number of halogens is 1. The van der Waals surface area contributed by atoms with Crippen molar-refractivity contribution < 1.29 is 23.4 Å². The first kappa shape index (κ1) is 17.3. The van der Waals surface area contributed by atoms with Gasteiger partial charge in [0.1, 0.15) is 0 Å². The zero-order chi connectivity index (χ0) is 17.5. The summed E-state index contributed by atoms with van der Waals surface area (Å²) in [5.74, 6) is 0.470. The normalized spacial score (nSPS) is 10.5. The lowest BCUT2D eigenvalue weighted by Crippen LogP contribution is -1.99. The highest BCUT2D eigenvalue weighted by molar-refractivity contribution is 6.05. The summed E-state index contributed by atoms with van der Waals surface area (Å²) < 4.78 is 28.7. The summed E-state index contributed by atoms with van der Waals surface area (Å²) in [6.45, 7) is 0. The number of nitrogens with one attached hydrogen (secondary N) is 1. The third-order valence-electron chi connectivity index (χ3n) is 3.30. The average Bonchev–Trinajstić information content (AvgIpc) is 2.61. The Bertz CT molecular complexity index is 759. The van der Waals surface area contributed by atoms with Crippen LogP contribution in [0.2, 0.25) is 0 Å². The molecule has 1 N–H and O–H groups in total. The Labute approximate surface area is 139 Å². The molecule has 2 aromatic rings. The van der Waals surface area contributed by atoms with Crippen LogP contribution < -0.4 is 19.5 Å². The highest BCUT2D eigenvalue weighted by Gasteiger charge is 2.08. The number of allylic oxidation sites excluding steroid dienone is 1. The minimum Gasteiger partial charge on any atom is -0.494 e. The van der Waals surface area contributed by atoms with Crippen LogP contribution in [-0.4, -0.2) is 27.1 Å². The molecule has 0 aliphatic heterocycles. The van der Waals surface area contributed by atoms with E-state index in [2.05, 4.69) is 5.32 Å². The van der Waals surface area contributed by atoms with Gasteiger partial charge in [0.05, 0.1) is 21.3 Å². The number of benzene rings is 2. The summed E-state index contributed by atoms with van der Waals surface area (Å²) in [6, 6.07) is 9.32. The van der Waals surface area contributed by atoms with Crippen molar-refractivity contribution >= 4 is 11.5 Å². The lowest BCUT2D eigenvalue weighted by molar-refractivity contribution is 0.104. The Morgan fingerprint density at radius 2 is 1.62 bits per heavy atom. The van der Waals surface area contributed by atoms with Gasteiger partial charge in [-0.3, -0.25) is 4.79 Å². The Balaban J connectivity index is 2.06. The lowest BCUT2D eigenvalue weighted by Gasteiger charge is -2.08. The SMILES string of the molecule is COc1ccc(N/C=C/C(=O)c2ccc(OC)c(OC)c2)cc1F. The number of hydrogen-bond acceptors (Lipinski definition) is 5. The van der Waals surface area contributed by atoms with Gasteiger partial charge in [-0.1, -0.05) is 0 Å². The molecule has 0 aliphatic carbocycles. The molecule has 2 rings (SSSR count). The zero-order valence-electron chi connectivity index (χ0n) is 13.6. The topological polar surface area (TPSA) is 56.8 Å². The van der Waals surface area contributed by atoms with Crippen molar-refractivity contribution in [2.24, 2.45) is 0 Å². The van der Waals surface area contributed by atoms with E-state index in [9.17, 15) is 9.18 Å². The zero-order valence-corrected chi connectivity index (χ0v) is 13.6. The van der Waals surface area contributed by atoms with Crippen LogP contribution in [0, 0.1) is 5.82 Å². The van der Waals surface area contributed by atoms with Gasteiger partial charge in [-0.05, 0) is 30.3 Å². The third-order valence-corrected chi connectivity index (χ3v) is 3.30. The van der Waals surface area contributed by atoms with E-state index < -0.39 is 5.82 Å². The van der Waals surface area contributed by atoms with E-state index in [0.29, 0.717) is 22.7 Å². The monoisotopic (exact) mass is 331 g/mol. The van der Waals surface area contributed by atoms with E-state index in [1.165, 1.54) is 45.7 Å². The number of hydrogen-bond donors (Lipinski definition) is 1. The van der Waals surface area contributed by atoms with Crippen molar-refractivity contribution in [1.82, 2.24) is 0 Å². The molecule has 0 amide bonds. The van der Waals surface area contributed by atoms with Crippen LogP contribution in [0.4, 0.5) is 10.1 Å². The van der Waals surface area contributed by atoms with Gasteiger partial charge in [0, 0.05) is 29.6 Å². The second-order valence-electron chi connectivity index (χ2n) is 4.76. The fraction of sp³-hybridized carbons (Fsp3) is 0.167. The van der Waals surface area contributed by atoms with E-state index in [0.717, 1.165) is 0 Å². The van der Waals surface area contributed by atoms with E-state index in [4.69, 9.17) is 14.2 Å². The molecule has 0 bridgehead atoms. The summed E-state index contributed by atoms with van der Waals surface area (Å²) in [7, 11) is 4.42. The van der Waals surface area contributed by atoms with E-state index in [1.54, 1.807) is 24.3 Å². The van der Waals surface area contributed by atoms with Gasteiger partial charge in [0.2, 0.25) is 0 Å². The number of methoxy groups -OCH3 is 3. The molecule has 0 aromatic heterocycles. The summed E-state index contributed by atoms with van der Waals surface area (Å²) in [6.07, 6.45) is 2.80. The van der Waals surface area contributed by atoms with Gasteiger partial charge in [-0.15, -0.1) is 0 Å². The summed E-state index contributed by atoms with van der Waals surface area (Å²) in [4.78, 5) is 12.2. The molecule has 0 fully saturated rings. The second-order valence-corrected chi connectivity index (χ2v) is 4.76. The van der Waals surface area contributed by atoms with Crippen LogP contribution in [0.15, 0.2) is 48.7 Å². The molecule has 0 unspecified atom stereocenters. The number of anilines is 1. The second kappa shape index (κ2) is 8.01. The minimum atomic E-state index is -0.484. The van der Waals surface area contributed by atoms with Crippen molar-refractivity contribution in [2.75, 3.05) is 26.6 Å². The minimum absolute atomic E-state index is 0.158. The molecule has 24 heavy (non-hydrogen) atoms. The first-order chi connectivity index (χ1) is 11.6. The molecule has 0 saturated heterocycles. The van der Waals surface area contributed by atoms with Crippen LogP contribution in [0.1, 0.15) is 10.4 Å². The van der Waals surface area contributed by atoms with Crippen LogP contribution in [0.25, 0.3) is 0 Å². The number of ether oxygens (including phenoxy) is 3. The number of carbonyl (C=O) groups excluding carboxylic acids is 1. The van der Waals surface area contributed by atoms with E-state index >= 15 is 0 Å². The van der Waals surface area contributed by atoms with Gasteiger partial charge in [-0.2, -0.15) is 0 Å². The largest absolute Gasteiger partial charge is 0.494 e. The van der Waals surface area contributed by atoms with Crippen LogP contribution >= 0.6 is 0 Å². The highest BCUT2D eigenvalue weighted by atomic mass is 19.1. The smallest absolute Gasteiger partial charge is 0.187 e. The fourth-order valence-electron chi connectivity index (χ4n) is 2.06. The number of rotatable bonds is 7. The van der Waals surface area contributed by atoms with Gasteiger partial charge in [0.15, 0.2) is 28.8 Å². The van der Waals surface area contributed by atoms with Crippen molar-refractivity contribution in [3.8, 4) is 17.2 Å². The standard InChI is InChI=1S/C18H18FNO4/c1-22-16-7-5-13(11-14(16)19)20-9-8-15(21)12-4-6-17(23-2)18(10-12)24-3/h4-11,20H,1-3H3/b9-8+. The van der Waals surface area contributed by atoms with Crippen LogP contribution in [-0.2, 0) is 0 Å². The predicted octanol–water partition coefficient (Wildman–Crippen LogP) is 3.66. The molecule has 0 aliphatic rings. The average molecular weight is 331 g/mol. The van der Waals surface area contributed by atoms with E-state index in [-0.39, 0.29) is 11.5 Å². The summed E-state index contributed by atoms with van der Waals surface area (Å²) in [5, 5.41) is 2.84. The Morgan fingerprint density at radius 3 is 2.25 bits per heavy atom. The van der Waals surface area contributed by atoms with Crippen LogP contribution in [0.3, 0.4) is 0 Å². The molecule has 126 valence electrons. The van der Waals surface area contributed by atoms with Gasteiger partial charge in [0.25, 0.3) is 0 Å². The Hall–Kier alpha value is -3.02. The first-order valence-corrected chi connectivity index (χ1v) is 7.12. The fourth-order valence-corrected chi connectivity index (χ4v) is 2.06. The molecular weight excluding hydrogens is 313 g/mol. The molecule has 0 radical (unpaired) electrons.